The molecule has 0 heterocycles. The van der Waals surface area contributed by atoms with Gasteiger partial charge in [-0.15, -0.1) is 0 Å². The first-order valence-corrected chi connectivity index (χ1v) is 16.8. The van der Waals surface area contributed by atoms with Crippen molar-refractivity contribution in [3.05, 3.63) is 88.4 Å². The first kappa shape index (κ1) is 32.3. The average Bonchev–Trinajstić information content (AvgIpc) is 3.50. The van der Waals surface area contributed by atoms with Crippen LogP contribution in [0.15, 0.2) is 77.3 Å². The van der Waals surface area contributed by atoms with Crippen LogP contribution in [0.2, 0.25) is 0 Å². The molecule has 0 bridgehead atoms. The number of nitrogens with zero attached hydrogens (tertiary/aromatic N) is 2. The van der Waals surface area contributed by atoms with Crippen LogP contribution in [0.3, 0.4) is 0 Å². The molecular formula is C32H38BrN3O6S. The summed E-state index contributed by atoms with van der Waals surface area (Å²) in [6.45, 7) is -0.401. The van der Waals surface area contributed by atoms with Gasteiger partial charge in [0.2, 0.25) is 21.8 Å². The molecule has 0 saturated heterocycles. The number of rotatable bonds is 13. The summed E-state index contributed by atoms with van der Waals surface area (Å²) >= 11 is 3.50. The van der Waals surface area contributed by atoms with Gasteiger partial charge in [-0.2, -0.15) is 0 Å². The van der Waals surface area contributed by atoms with E-state index in [2.05, 4.69) is 21.2 Å². The Morgan fingerprint density at radius 1 is 0.930 bits per heavy atom. The molecule has 0 aromatic heterocycles. The van der Waals surface area contributed by atoms with Crippen LogP contribution in [0.4, 0.5) is 5.69 Å². The van der Waals surface area contributed by atoms with Crippen molar-refractivity contribution in [1.82, 2.24) is 10.2 Å². The van der Waals surface area contributed by atoms with Crippen molar-refractivity contribution >= 4 is 43.5 Å². The lowest BCUT2D eigenvalue weighted by atomic mass is 10.0. The van der Waals surface area contributed by atoms with Crippen LogP contribution in [0.1, 0.15) is 36.8 Å². The summed E-state index contributed by atoms with van der Waals surface area (Å²) in [4.78, 5) is 29.7. The summed E-state index contributed by atoms with van der Waals surface area (Å²) in [6.07, 6.45) is 5.20. The Morgan fingerprint density at radius 3 is 2.23 bits per heavy atom. The number of nitrogens with one attached hydrogen (secondary N) is 1. The van der Waals surface area contributed by atoms with Crippen LogP contribution >= 0.6 is 15.9 Å². The summed E-state index contributed by atoms with van der Waals surface area (Å²) in [5.74, 6) is -0.0161. The molecule has 0 spiro atoms. The van der Waals surface area contributed by atoms with E-state index in [1.54, 1.807) is 12.1 Å². The fourth-order valence-electron chi connectivity index (χ4n) is 5.35. The van der Waals surface area contributed by atoms with Gasteiger partial charge < -0.3 is 19.7 Å². The highest BCUT2D eigenvalue weighted by Gasteiger charge is 2.34. The molecule has 1 saturated carbocycles. The van der Waals surface area contributed by atoms with Crippen LogP contribution in [-0.4, -0.2) is 64.2 Å². The largest absolute Gasteiger partial charge is 0.493 e. The normalized spacial score (nSPS) is 14.1. The van der Waals surface area contributed by atoms with Gasteiger partial charge in [0, 0.05) is 29.5 Å². The van der Waals surface area contributed by atoms with Crippen molar-refractivity contribution in [2.24, 2.45) is 0 Å². The molecule has 4 rings (SSSR count). The van der Waals surface area contributed by atoms with Gasteiger partial charge >= 0.3 is 0 Å². The van der Waals surface area contributed by atoms with Gasteiger partial charge in [-0.3, -0.25) is 13.9 Å². The van der Waals surface area contributed by atoms with Gasteiger partial charge in [0.15, 0.2) is 11.5 Å². The number of hydrogen-bond donors (Lipinski definition) is 1. The number of sulfonamides is 1. The van der Waals surface area contributed by atoms with Crippen molar-refractivity contribution in [2.45, 2.75) is 50.7 Å². The Morgan fingerprint density at radius 2 is 1.60 bits per heavy atom. The molecule has 0 aliphatic heterocycles. The highest BCUT2D eigenvalue weighted by Crippen LogP contribution is 2.32. The molecule has 230 valence electrons. The molecule has 0 unspecified atom stereocenters. The molecular weight excluding hydrogens is 634 g/mol. The number of carbonyl (C=O) groups excluding carboxylic acids is 2. The second-order valence-corrected chi connectivity index (χ2v) is 13.5. The molecule has 1 aliphatic carbocycles. The van der Waals surface area contributed by atoms with E-state index in [1.807, 2.05) is 54.6 Å². The van der Waals surface area contributed by atoms with Crippen molar-refractivity contribution < 1.29 is 27.5 Å². The zero-order valence-corrected chi connectivity index (χ0v) is 27.1. The van der Waals surface area contributed by atoms with Crippen LogP contribution in [-0.2, 0) is 32.6 Å². The van der Waals surface area contributed by atoms with Crippen LogP contribution in [0.5, 0.6) is 11.5 Å². The monoisotopic (exact) mass is 671 g/mol. The molecule has 43 heavy (non-hydrogen) atoms. The van der Waals surface area contributed by atoms with Crippen molar-refractivity contribution in [3.8, 4) is 11.5 Å². The van der Waals surface area contributed by atoms with Gasteiger partial charge in [0.1, 0.15) is 12.6 Å². The van der Waals surface area contributed by atoms with Gasteiger partial charge in [-0.1, -0.05) is 71.2 Å². The lowest BCUT2D eigenvalue weighted by Crippen LogP contribution is -2.54. The van der Waals surface area contributed by atoms with E-state index in [-0.39, 0.29) is 30.6 Å². The second-order valence-electron chi connectivity index (χ2n) is 10.7. The number of benzene rings is 3. The maximum Gasteiger partial charge on any atom is 0.244 e. The van der Waals surface area contributed by atoms with E-state index in [4.69, 9.17) is 9.47 Å². The van der Waals surface area contributed by atoms with Crippen LogP contribution in [0.25, 0.3) is 0 Å². The zero-order valence-electron chi connectivity index (χ0n) is 24.7. The van der Waals surface area contributed by atoms with E-state index in [1.165, 1.54) is 25.2 Å². The predicted octanol–water partition coefficient (Wildman–Crippen LogP) is 4.93. The van der Waals surface area contributed by atoms with Gasteiger partial charge in [0.25, 0.3) is 0 Å². The van der Waals surface area contributed by atoms with E-state index in [0.29, 0.717) is 11.5 Å². The maximum absolute atomic E-state index is 14.3. The lowest BCUT2D eigenvalue weighted by molar-refractivity contribution is -0.140. The number of ether oxygens (including phenoxy) is 2. The Labute approximate surface area is 262 Å². The topological polar surface area (TPSA) is 105 Å². The van der Waals surface area contributed by atoms with E-state index in [0.717, 1.165) is 51.8 Å². The quantitative estimate of drug-likeness (QED) is 0.276. The standard InChI is InChI=1S/C32H38BrN3O6S/c1-41-29-17-16-27(20-30(29)42-2)36(43(3,39)40)22-31(37)35(21-24-12-9-13-25(33)18-24)28(19-23-10-5-4-6-11-23)32(38)34-26-14-7-8-15-26/h4-6,9-13,16-18,20,26,28H,7-8,14-15,19,21-22H2,1-3H3,(H,34,38)/t28-/m1/s1. The van der Waals surface area contributed by atoms with Crippen LogP contribution < -0.4 is 19.1 Å². The number of amides is 2. The number of methoxy groups -OCH3 is 2. The minimum Gasteiger partial charge on any atom is -0.493 e. The Bertz CT molecular complexity index is 1510. The first-order chi connectivity index (χ1) is 20.6. The van der Waals surface area contributed by atoms with Gasteiger partial charge in [-0.25, -0.2) is 8.42 Å². The van der Waals surface area contributed by atoms with E-state index >= 15 is 0 Å². The van der Waals surface area contributed by atoms with E-state index < -0.39 is 28.5 Å². The molecule has 3 aromatic rings. The summed E-state index contributed by atoms with van der Waals surface area (Å²) in [7, 11) is -0.975. The highest BCUT2D eigenvalue weighted by atomic mass is 79.9. The smallest absolute Gasteiger partial charge is 0.244 e. The molecule has 0 radical (unpaired) electrons. The summed E-state index contributed by atoms with van der Waals surface area (Å²) < 4.78 is 38.7. The summed E-state index contributed by atoms with van der Waals surface area (Å²) in [5, 5.41) is 3.17. The molecule has 2 amide bonds. The van der Waals surface area contributed by atoms with Crippen molar-refractivity contribution in [1.29, 1.82) is 0 Å². The highest BCUT2D eigenvalue weighted by molar-refractivity contribution is 9.10. The van der Waals surface area contributed by atoms with Gasteiger partial charge in [0.05, 0.1) is 26.2 Å². The number of carbonyl (C=O) groups is 2. The minimum absolute atomic E-state index is 0.0490. The average molecular weight is 673 g/mol. The third kappa shape index (κ3) is 8.73. The summed E-state index contributed by atoms with van der Waals surface area (Å²) in [5.41, 5.74) is 1.93. The molecule has 3 aromatic carbocycles. The third-order valence-electron chi connectivity index (χ3n) is 7.55. The second kappa shape index (κ2) is 14.7. The fraction of sp³-hybridized carbons (Fsp3) is 0.375. The number of hydrogen-bond acceptors (Lipinski definition) is 6. The van der Waals surface area contributed by atoms with E-state index in [9.17, 15) is 18.0 Å². The molecule has 1 fully saturated rings. The minimum atomic E-state index is -3.91. The maximum atomic E-state index is 14.3. The zero-order chi connectivity index (χ0) is 31.0. The molecule has 1 aliphatic rings. The Hall–Kier alpha value is -3.57. The lowest BCUT2D eigenvalue weighted by Gasteiger charge is -2.34. The number of anilines is 1. The SMILES string of the molecule is COc1ccc(N(CC(=O)N(Cc2cccc(Br)c2)[C@H](Cc2ccccc2)C(=O)NC2CCCC2)S(C)(=O)=O)cc1OC. The van der Waals surface area contributed by atoms with Crippen molar-refractivity contribution in [2.75, 3.05) is 31.3 Å². The molecule has 1 atom stereocenters. The Kier molecular flexibility index (Phi) is 11.1. The molecule has 1 N–H and O–H groups in total. The Balaban J connectivity index is 1.74. The fourth-order valence-corrected chi connectivity index (χ4v) is 6.64. The summed E-state index contributed by atoms with van der Waals surface area (Å²) in [6, 6.07) is 20.9. The third-order valence-corrected chi connectivity index (χ3v) is 9.18. The predicted molar refractivity (Wildman–Crippen MR) is 171 cm³/mol. The van der Waals surface area contributed by atoms with Gasteiger partial charge in [-0.05, 0) is 48.2 Å². The number of halogens is 1. The van der Waals surface area contributed by atoms with Crippen LogP contribution in [0, 0.1) is 0 Å². The molecule has 9 nitrogen and oxygen atoms in total. The van der Waals surface area contributed by atoms with Crippen molar-refractivity contribution in [3.63, 3.8) is 0 Å². The first-order valence-electron chi connectivity index (χ1n) is 14.2. The molecule has 11 heteroatoms.